The first-order valence-electron chi connectivity index (χ1n) is 6.81. The van der Waals surface area contributed by atoms with Crippen molar-refractivity contribution in [3.63, 3.8) is 0 Å². The van der Waals surface area contributed by atoms with Gasteiger partial charge in [-0.05, 0) is 55.6 Å². The molecule has 0 spiro atoms. The van der Waals surface area contributed by atoms with Crippen molar-refractivity contribution < 1.29 is 9.13 Å². The number of benzene rings is 1. The second-order valence-electron chi connectivity index (χ2n) is 5.76. The lowest BCUT2D eigenvalue weighted by molar-refractivity contribution is 0.119. The van der Waals surface area contributed by atoms with Crippen LogP contribution in [0.2, 0.25) is 0 Å². The fourth-order valence-corrected chi connectivity index (χ4v) is 2.52. The van der Waals surface area contributed by atoms with Gasteiger partial charge in [-0.1, -0.05) is 13.0 Å². The fourth-order valence-electron chi connectivity index (χ4n) is 2.52. The monoisotopic (exact) mass is 266 g/mol. The molecule has 0 aromatic heterocycles. The molecule has 0 bridgehead atoms. The number of likely N-dealkylation sites (tertiary alicyclic amines) is 1. The summed E-state index contributed by atoms with van der Waals surface area (Å²) in [6.45, 7) is 5.85. The Morgan fingerprint density at radius 2 is 2.05 bits per heavy atom. The van der Waals surface area contributed by atoms with E-state index in [2.05, 4.69) is 11.8 Å². The van der Waals surface area contributed by atoms with Gasteiger partial charge in [0.05, 0.1) is 7.11 Å². The Hall–Kier alpha value is -1.13. The van der Waals surface area contributed by atoms with Crippen molar-refractivity contribution in [3.05, 3.63) is 29.6 Å². The minimum atomic E-state index is -0.288. The first kappa shape index (κ1) is 14.3. The Morgan fingerprint density at radius 1 is 1.37 bits per heavy atom. The molecule has 2 rings (SSSR count). The molecule has 0 aliphatic carbocycles. The molecule has 0 radical (unpaired) electrons. The highest BCUT2D eigenvalue weighted by molar-refractivity contribution is 5.29. The van der Waals surface area contributed by atoms with Crippen LogP contribution in [-0.4, -0.2) is 31.6 Å². The van der Waals surface area contributed by atoms with Crippen LogP contribution >= 0.6 is 0 Å². The summed E-state index contributed by atoms with van der Waals surface area (Å²) in [6, 6.07) is 5.19. The maximum Gasteiger partial charge on any atom is 0.165 e. The average molecular weight is 266 g/mol. The van der Waals surface area contributed by atoms with Gasteiger partial charge in [0.2, 0.25) is 0 Å². The minimum absolute atomic E-state index is 0.279. The molecule has 0 atom stereocenters. The largest absolute Gasteiger partial charge is 0.494 e. The summed E-state index contributed by atoms with van der Waals surface area (Å²) in [5, 5.41) is 0. The lowest BCUT2D eigenvalue weighted by Gasteiger charge is -2.38. The molecule has 1 heterocycles. The zero-order chi connectivity index (χ0) is 13.9. The fraction of sp³-hybridized carbons (Fsp3) is 0.600. The van der Waals surface area contributed by atoms with Gasteiger partial charge in [0.25, 0.3) is 0 Å². The van der Waals surface area contributed by atoms with Crippen molar-refractivity contribution in [3.8, 4) is 5.75 Å². The Kier molecular flexibility index (Phi) is 4.42. The summed E-state index contributed by atoms with van der Waals surface area (Å²) in [5.41, 5.74) is 7.08. The zero-order valence-corrected chi connectivity index (χ0v) is 11.8. The molecule has 1 saturated heterocycles. The molecule has 1 aliphatic heterocycles. The van der Waals surface area contributed by atoms with Crippen LogP contribution < -0.4 is 10.5 Å². The van der Waals surface area contributed by atoms with Crippen LogP contribution in [0.3, 0.4) is 0 Å². The SMILES string of the molecule is COc1ccc(CN2CCC(C)(CN)CC2)cc1F. The van der Waals surface area contributed by atoms with Crippen LogP contribution in [0, 0.1) is 11.2 Å². The maximum absolute atomic E-state index is 13.6. The second kappa shape index (κ2) is 5.88. The van der Waals surface area contributed by atoms with E-state index in [1.165, 1.54) is 7.11 Å². The normalized spacial score (nSPS) is 19.4. The first-order chi connectivity index (χ1) is 9.06. The number of methoxy groups -OCH3 is 1. The summed E-state index contributed by atoms with van der Waals surface area (Å²) in [6.07, 6.45) is 2.23. The molecule has 1 fully saturated rings. The van der Waals surface area contributed by atoms with Crippen LogP contribution in [0.4, 0.5) is 4.39 Å². The van der Waals surface area contributed by atoms with E-state index in [-0.39, 0.29) is 11.2 Å². The van der Waals surface area contributed by atoms with E-state index in [0.717, 1.165) is 44.6 Å². The van der Waals surface area contributed by atoms with Gasteiger partial charge in [-0.3, -0.25) is 4.90 Å². The highest BCUT2D eigenvalue weighted by Gasteiger charge is 2.28. The summed E-state index contributed by atoms with van der Waals surface area (Å²) in [7, 11) is 1.48. The number of nitrogens with two attached hydrogens (primary N) is 1. The maximum atomic E-state index is 13.6. The number of hydrogen-bond acceptors (Lipinski definition) is 3. The van der Waals surface area contributed by atoms with Crippen LogP contribution in [0.25, 0.3) is 0 Å². The smallest absolute Gasteiger partial charge is 0.165 e. The van der Waals surface area contributed by atoms with Crippen LogP contribution in [0.5, 0.6) is 5.75 Å². The van der Waals surface area contributed by atoms with Crippen LogP contribution in [0.15, 0.2) is 18.2 Å². The number of hydrogen-bond donors (Lipinski definition) is 1. The first-order valence-corrected chi connectivity index (χ1v) is 6.81. The summed E-state index contributed by atoms with van der Waals surface area (Å²) >= 11 is 0. The molecule has 1 aromatic rings. The van der Waals surface area contributed by atoms with E-state index >= 15 is 0 Å². The summed E-state index contributed by atoms with van der Waals surface area (Å²) in [5.74, 6) is 0.0157. The number of nitrogens with zero attached hydrogens (tertiary/aromatic N) is 1. The van der Waals surface area contributed by atoms with Gasteiger partial charge in [-0.25, -0.2) is 4.39 Å². The predicted octanol–water partition coefficient (Wildman–Crippen LogP) is 2.40. The Bertz CT molecular complexity index is 428. The van der Waals surface area contributed by atoms with Gasteiger partial charge < -0.3 is 10.5 Å². The van der Waals surface area contributed by atoms with Gasteiger partial charge in [-0.15, -0.1) is 0 Å². The lowest BCUT2D eigenvalue weighted by Crippen LogP contribution is -2.41. The van der Waals surface area contributed by atoms with Gasteiger partial charge in [0.15, 0.2) is 11.6 Å². The molecular weight excluding hydrogens is 243 g/mol. The van der Waals surface area contributed by atoms with Gasteiger partial charge in [0, 0.05) is 6.54 Å². The van der Waals surface area contributed by atoms with E-state index in [4.69, 9.17) is 10.5 Å². The molecule has 0 amide bonds. The van der Waals surface area contributed by atoms with Crippen molar-refractivity contribution in [1.29, 1.82) is 0 Å². The van der Waals surface area contributed by atoms with Crippen molar-refractivity contribution in [2.45, 2.75) is 26.3 Å². The van der Waals surface area contributed by atoms with Crippen LogP contribution in [-0.2, 0) is 6.54 Å². The quantitative estimate of drug-likeness (QED) is 0.909. The molecule has 19 heavy (non-hydrogen) atoms. The molecule has 1 aliphatic rings. The van der Waals surface area contributed by atoms with Crippen molar-refractivity contribution in [2.75, 3.05) is 26.7 Å². The third kappa shape index (κ3) is 3.45. The molecule has 0 unspecified atom stereocenters. The topological polar surface area (TPSA) is 38.5 Å². The van der Waals surface area contributed by atoms with Gasteiger partial charge >= 0.3 is 0 Å². The summed E-state index contributed by atoms with van der Waals surface area (Å²) in [4.78, 5) is 2.36. The number of halogens is 1. The Balaban J connectivity index is 1.94. The van der Waals surface area contributed by atoms with E-state index in [1.54, 1.807) is 12.1 Å². The van der Waals surface area contributed by atoms with Crippen molar-refractivity contribution in [2.24, 2.45) is 11.1 Å². The molecule has 2 N–H and O–H groups in total. The standard InChI is InChI=1S/C15H23FN2O/c1-15(11-17)5-7-18(8-6-15)10-12-3-4-14(19-2)13(16)9-12/h3-4,9H,5-8,10-11,17H2,1-2H3. The number of piperidine rings is 1. The molecule has 3 nitrogen and oxygen atoms in total. The third-order valence-electron chi connectivity index (χ3n) is 4.18. The molecule has 106 valence electrons. The van der Waals surface area contributed by atoms with Gasteiger partial charge in [-0.2, -0.15) is 0 Å². The molecular formula is C15H23FN2O. The van der Waals surface area contributed by atoms with Crippen molar-refractivity contribution in [1.82, 2.24) is 4.90 Å². The minimum Gasteiger partial charge on any atom is -0.494 e. The van der Waals surface area contributed by atoms with E-state index in [0.29, 0.717) is 5.75 Å². The van der Waals surface area contributed by atoms with Gasteiger partial charge in [0.1, 0.15) is 0 Å². The highest BCUT2D eigenvalue weighted by atomic mass is 19.1. The van der Waals surface area contributed by atoms with E-state index in [9.17, 15) is 4.39 Å². The van der Waals surface area contributed by atoms with Crippen molar-refractivity contribution >= 4 is 0 Å². The Morgan fingerprint density at radius 3 is 2.58 bits per heavy atom. The zero-order valence-electron chi connectivity index (χ0n) is 11.8. The highest BCUT2D eigenvalue weighted by Crippen LogP contribution is 2.30. The summed E-state index contributed by atoms with van der Waals surface area (Å²) < 4.78 is 18.6. The predicted molar refractivity (Wildman–Crippen MR) is 74.6 cm³/mol. The second-order valence-corrected chi connectivity index (χ2v) is 5.76. The third-order valence-corrected chi connectivity index (χ3v) is 4.18. The van der Waals surface area contributed by atoms with Crippen LogP contribution in [0.1, 0.15) is 25.3 Å². The van der Waals surface area contributed by atoms with E-state index in [1.807, 2.05) is 6.07 Å². The molecule has 0 saturated carbocycles. The molecule has 4 heteroatoms. The average Bonchev–Trinajstić information content (AvgIpc) is 2.42. The number of rotatable bonds is 4. The van der Waals surface area contributed by atoms with E-state index < -0.39 is 0 Å². The molecule has 1 aromatic carbocycles. The Labute approximate surface area is 114 Å². The lowest BCUT2D eigenvalue weighted by atomic mass is 9.80. The number of ether oxygens (including phenoxy) is 1.